The number of nitrogens with one attached hydrogen (secondary N) is 1. The normalized spacial score (nSPS) is 15.8. The lowest BCUT2D eigenvalue weighted by Gasteiger charge is -2.26. The molecule has 1 N–H and O–H groups in total. The van der Waals surface area contributed by atoms with Gasteiger partial charge in [0.1, 0.15) is 5.57 Å². The summed E-state index contributed by atoms with van der Waals surface area (Å²) in [6.07, 6.45) is 1.23. The van der Waals surface area contributed by atoms with Gasteiger partial charge in [-0.05, 0) is 49.2 Å². The first-order valence-corrected chi connectivity index (χ1v) is 8.91. The zero-order valence-electron chi connectivity index (χ0n) is 14.9. The molecule has 0 unspecified atom stereocenters. The molecule has 1 aliphatic rings. The van der Waals surface area contributed by atoms with Gasteiger partial charge in [-0.2, -0.15) is 0 Å². The van der Waals surface area contributed by atoms with E-state index in [2.05, 4.69) is 21.2 Å². The fraction of sp³-hybridized carbons (Fsp3) is 0.105. The molecule has 8 nitrogen and oxygen atoms in total. The molecular weight excluding hydrogens is 430 g/mol. The van der Waals surface area contributed by atoms with Crippen LogP contribution in [0.1, 0.15) is 16.7 Å². The molecule has 3 rings (SSSR count). The van der Waals surface area contributed by atoms with E-state index >= 15 is 0 Å². The Balaban J connectivity index is 2.05. The number of nitro groups is 1. The second-order valence-electron chi connectivity index (χ2n) is 6.19. The number of carbonyl (C=O) groups excluding carboxylic acids is 3. The van der Waals surface area contributed by atoms with Crippen molar-refractivity contribution < 1.29 is 19.3 Å². The Kier molecular flexibility index (Phi) is 5.10. The van der Waals surface area contributed by atoms with Gasteiger partial charge in [-0.25, -0.2) is 9.69 Å². The Morgan fingerprint density at radius 1 is 1.07 bits per heavy atom. The summed E-state index contributed by atoms with van der Waals surface area (Å²) < 4.78 is 0.805. The molecule has 1 fully saturated rings. The van der Waals surface area contributed by atoms with Gasteiger partial charge < -0.3 is 0 Å². The van der Waals surface area contributed by atoms with Crippen LogP contribution in [0.2, 0.25) is 0 Å². The third-order valence-electron chi connectivity index (χ3n) is 4.24. The van der Waals surface area contributed by atoms with Crippen LogP contribution in [0.25, 0.3) is 6.08 Å². The quantitative estimate of drug-likeness (QED) is 0.337. The number of anilines is 1. The summed E-state index contributed by atoms with van der Waals surface area (Å²) in [5.74, 6) is -1.66. The van der Waals surface area contributed by atoms with Crippen LogP contribution in [0.4, 0.5) is 16.2 Å². The van der Waals surface area contributed by atoms with Crippen molar-refractivity contribution in [1.29, 1.82) is 0 Å². The molecule has 2 aromatic rings. The van der Waals surface area contributed by atoms with Crippen LogP contribution in [0.15, 0.2) is 46.4 Å². The number of halogens is 1. The van der Waals surface area contributed by atoms with Crippen LogP contribution in [0.5, 0.6) is 0 Å². The Morgan fingerprint density at radius 2 is 1.79 bits per heavy atom. The highest BCUT2D eigenvalue weighted by atomic mass is 79.9. The maximum absolute atomic E-state index is 12.9. The van der Waals surface area contributed by atoms with E-state index in [1.807, 2.05) is 0 Å². The lowest BCUT2D eigenvalue weighted by atomic mass is 10.0. The van der Waals surface area contributed by atoms with Gasteiger partial charge >= 0.3 is 6.03 Å². The molecule has 1 heterocycles. The van der Waals surface area contributed by atoms with E-state index in [1.54, 1.807) is 38.1 Å². The summed E-state index contributed by atoms with van der Waals surface area (Å²) in [7, 11) is 0. The number of carbonyl (C=O) groups is 3. The Labute approximate surface area is 168 Å². The van der Waals surface area contributed by atoms with Gasteiger partial charge in [0.25, 0.3) is 17.5 Å². The number of amides is 4. The van der Waals surface area contributed by atoms with Gasteiger partial charge in [0.2, 0.25) is 0 Å². The Hall–Kier alpha value is -3.33. The van der Waals surface area contributed by atoms with E-state index < -0.39 is 22.8 Å². The molecule has 4 amide bonds. The largest absolute Gasteiger partial charge is 0.335 e. The van der Waals surface area contributed by atoms with Crippen molar-refractivity contribution in [2.75, 3.05) is 4.90 Å². The molecule has 0 aromatic heterocycles. The van der Waals surface area contributed by atoms with Crippen LogP contribution >= 0.6 is 15.9 Å². The van der Waals surface area contributed by atoms with E-state index in [4.69, 9.17) is 0 Å². The van der Waals surface area contributed by atoms with Crippen molar-refractivity contribution in [1.82, 2.24) is 5.32 Å². The molecule has 1 aliphatic heterocycles. The minimum atomic E-state index is -0.858. The fourth-order valence-corrected chi connectivity index (χ4v) is 2.99. The standard InChI is InChI=1S/C19H14BrN3O5/c1-10-3-4-12(9-16(10)23(27)28)8-14-17(24)21-19(26)22(18(14)25)13-5-6-15(20)11(2)7-13/h3-9H,1-2H3,(H,21,24,26)/b14-8-. The number of urea groups is 1. The summed E-state index contributed by atoms with van der Waals surface area (Å²) >= 11 is 3.35. The average molecular weight is 444 g/mol. The maximum atomic E-state index is 12.9. The SMILES string of the molecule is Cc1cc(N2C(=O)NC(=O)/C(=C/c3ccc(C)c([N+](=O)[O-])c3)C2=O)ccc1Br. The third-order valence-corrected chi connectivity index (χ3v) is 5.13. The van der Waals surface area contributed by atoms with Crippen LogP contribution in [-0.4, -0.2) is 22.8 Å². The first-order valence-electron chi connectivity index (χ1n) is 8.11. The monoisotopic (exact) mass is 443 g/mol. The number of nitrogens with zero attached hydrogens (tertiary/aromatic N) is 2. The predicted octanol–water partition coefficient (Wildman–Crippen LogP) is 3.64. The topological polar surface area (TPSA) is 110 Å². The summed E-state index contributed by atoms with van der Waals surface area (Å²) in [5.41, 5.74) is 1.43. The predicted molar refractivity (Wildman–Crippen MR) is 106 cm³/mol. The maximum Gasteiger partial charge on any atom is 0.335 e. The van der Waals surface area contributed by atoms with Crippen LogP contribution < -0.4 is 10.2 Å². The highest BCUT2D eigenvalue weighted by Crippen LogP contribution is 2.27. The summed E-state index contributed by atoms with van der Waals surface area (Å²) in [6.45, 7) is 3.39. The number of nitro benzene ring substituents is 1. The highest BCUT2D eigenvalue weighted by Gasteiger charge is 2.37. The lowest BCUT2D eigenvalue weighted by Crippen LogP contribution is -2.54. The summed E-state index contributed by atoms with van der Waals surface area (Å²) in [5, 5.41) is 13.2. The molecule has 142 valence electrons. The number of aryl methyl sites for hydroxylation is 2. The zero-order valence-corrected chi connectivity index (χ0v) is 16.4. The van der Waals surface area contributed by atoms with Crippen molar-refractivity contribution in [2.24, 2.45) is 0 Å². The molecule has 0 radical (unpaired) electrons. The fourth-order valence-electron chi connectivity index (χ4n) is 2.74. The van der Waals surface area contributed by atoms with Gasteiger partial charge in [0.05, 0.1) is 10.6 Å². The van der Waals surface area contributed by atoms with E-state index in [-0.39, 0.29) is 11.3 Å². The van der Waals surface area contributed by atoms with Gasteiger partial charge in [-0.3, -0.25) is 25.0 Å². The molecule has 1 saturated heterocycles. The average Bonchev–Trinajstić information content (AvgIpc) is 2.62. The van der Waals surface area contributed by atoms with Gasteiger partial charge in [-0.1, -0.05) is 28.1 Å². The van der Waals surface area contributed by atoms with Crippen molar-refractivity contribution in [3.05, 3.63) is 73.2 Å². The van der Waals surface area contributed by atoms with Gasteiger partial charge in [-0.15, -0.1) is 0 Å². The number of benzene rings is 2. The molecule has 0 bridgehead atoms. The summed E-state index contributed by atoms with van der Waals surface area (Å²) in [4.78, 5) is 48.8. The second-order valence-corrected chi connectivity index (χ2v) is 7.05. The van der Waals surface area contributed by atoms with E-state index in [1.165, 1.54) is 18.2 Å². The number of imide groups is 2. The van der Waals surface area contributed by atoms with Crippen molar-refractivity contribution in [3.8, 4) is 0 Å². The minimum Gasteiger partial charge on any atom is -0.273 e. The van der Waals surface area contributed by atoms with E-state index in [9.17, 15) is 24.5 Å². The number of rotatable bonds is 3. The molecule has 2 aromatic carbocycles. The number of hydrogen-bond acceptors (Lipinski definition) is 5. The van der Waals surface area contributed by atoms with Crippen LogP contribution in [0.3, 0.4) is 0 Å². The number of barbiturate groups is 1. The molecule has 0 atom stereocenters. The minimum absolute atomic E-state index is 0.130. The Morgan fingerprint density at radius 3 is 2.43 bits per heavy atom. The lowest BCUT2D eigenvalue weighted by molar-refractivity contribution is -0.385. The number of hydrogen-bond donors (Lipinski definition) is 1. The third kappa shape index (κ3) is 3.56. The molecule has 0 spiro atoms. The van der Waals surface area contributed by atoms with Gasteiger partial charge in [0, 0.05) is 16.1 Å². The van der Waals surface area contributed by atoms with Crippen molar-refractivity contribution >= 4 is 51.2 Å². The molecule has 0 aliphatic carbocycles. The van der Waals surface area contributed by atoms with Crippen molar-refractivity contribution in [3.63, 3.8) is 0 Å². The van der Waals surface area contributed by atoms with Gasteiger partial charge in [0.15, 0.2) is 0 Å². The van der Waals surface area contributed by atoms with Crippen LogP contribution in [-0.2, 0) is 9.59 Å². The smallest absolute Gasteiger partial charge is 0.273 e. The van der Waals surface area contributed by atoms with E-state index in [0.29, 0.717) is 16.8 Å². The first-order chi connectivity index (χ1) is 13.2. The molecule has 9 heteroatoms. The second kappa shape index (κ2) is 7.35. The summed E-state index contributed by atoms with van der Waals surface area (Å²) in [6, 6.07) is 8.38. The van der Waals surface area contributed by atoms with Crippen molar-refractivity contribution in [2.45, 2.75) is 13.8 Å². The highest BCUT2D eigenvalue weighted by molar-refractivity contribution is 9.10. The van der Waals surface area contributed by atoms with Crippen LogP contribution in [0, 0.1) is 24.0 Å². The molecule has 0 saturated carbocycles. The molecular formula is C19H14BrN3O5. The first kappa shape index (κ1) is 19.4. The van der Waals surface area contributed by atoms with E-state index in [0.717, 1.165) is 14.9 Å². The zero-order chi connectivity index (χ0) is 20.6. The Bertz CT molecular complexity index is 1080. The molecule has 28 heavy (non-hydrogen) atoms.